The molecule has 2 heterocycles. The zero-order chi connectivity index (χ0) is 17.7. The maximum atomic E-state index is 13.3. The summed E-state index contributed by atoms with van der Waals surface area (Å²) in [5.74, 6) is 0.546. The molecule has 3 aromatic rings. The number of para-hydroxylation sites is 1. The van der Waals surface area contributed by atoms with Gasteiger partial charge in [-0.25, -0.2) is 4.98 Å². The normalized spacial score (nSPS) is 13.0. The second-order valence-electron chi connectivity index (χ2n) is 6.19. The summed E-state index contributed by atoms with van der Waals surface area (Å²) in [5.41, 5.74) is 2.77. The SMILES string of the molecule is Cc1c(C)n(C)c2nc(C3=CC=C3)n(-c3ccccc3)c(=O)c2c1=O. The maximum Gasteiger partial charge on any atom is 0.271 e. The van der Waals surface area contributed by atoms with Crippen LogP contribution < -0.4 is 11.0 Å². The molecular formula is C20H17N3O2. The second-order valence-corrected chi connectivity index (χ2v) is 6.19. The molecule has 0 unspecified atom stereocenters. The number of allylic oxidation sites excluding steroid dienone is 4. The summed E-state index contributed by atoms with van der Waals surface area (Å²) in [7, 11) is 1.83. The second kappa shape index (κ2) is 5.41. The molecule has 124 valence electrons. The van der Waals surface area contributed by atoms with E-state index in [1.165, 1.54) is 4.57 Å². The van der Waals surface area contributed by atoms with Crippen molar-refractivity contribution in [3.63, 3.8) is 0 Å². The van der Waals surface area contributed by atoms with Crippen LogP contribution in [0.25, 0.3) is 22.3 Å². The van der Waals surface area contributed by atoms with Gasteiger partial charge >= 0.3 is 0 Å². The van der Waals surface area contributed by atoms with Gasteiger partial charge in [0.25, 0.3) is 5.56 Å². The topological polar surface area (TPSA) is 56.9 Å². The number of hydrogen-bond donors (Lipinski definition) is 0. The van der Waals surface area contributed by atoms with Crippen LogP contribution in [0.1, 0.15) is 17.1 Å². The van der Waals surface area contributed by atoms with E-state index in [9.17, 15) is 9.59 Å². The van der Waals surface area contributed by atoms with Crippen molar-refractivity contribution in [3.05, 3.63) is 86.2 Å². The zero-order valence-electron chi connectivity index (χ0n) is 14.3. The highest BCUT2D eigenvalue weighted by molar-refractivity contribution is 5.83. The van der Waals surface area contributed by atoms with Crippen molar-refractivity contribution < 1.29 is 0 Å². The first kappa shape index (κ1) is 15.3. The minimum absolute atomic E-state index is 0.127. The maximum absolute atomic E-state index is 13.3. The van der Waals surface area contributed by atoms with E-state index in [1.807, 2.05) is 67.1 Å². The van der Waals surface area contributed by atoms with Crippen molar-refractivity contribution in [2.75, 3.05) is 0 Å². The first-order valence-electron chi connectivity index (χ1n) is 8.08. The molecule has 0 radical (unpaired) electrons. The van der Waals surface area contributed by atoms with Gasteiger partial charge in [0.1, 0.15) is 11.2 Å². The van der Waals surface area contributed by atoms with Crippen LogP contribution in [-0.4, -0.2) is 14.1 Å². The van der Waals surface area contributed by atoms with Gasteiger partial charge in [0, 0.05) is 23.9 Å². The van der Waals surface area contributed by atoms with Crippen LogP contribution in [0.2, 0.25) is 0 Å². The molecule has 0 bridgehead atoms. The van der Waals surface area contributed by atoms with Crippen LogP contribution in [0.5, 0.6) is 0 Å². The molecule has 5 heteroatoms. The Morgan fingerprint density at radius 3 is 2.32 bits per heavy atom. The molecule has 1 aliphatic rings. The van der Waals surface area contributed by atoms with Crippen LogP contribution in [0.3, 0.4) is 0 Å². The van der Waals surface area contributed by atoms with Gasteiger partial charge in [-0.2, -0.15) is 0 Å². The van der Waals surface area contributed by atoms with E-state index in [0.717, 1.165) is 11.3 Å². The summed E-state index contributed by atoms with van der Waals surface area (Å²) < 4.78 is 3.34. The summed E-state index contributed by atoms with van der Waals surface area (Å²) in [6, 6.07) is 9.29. The van der Waals surface area contributed by atoms with Gasteiger partial charge in [0.05, 0.1) is 5.69 Å². The van der Waals surface area contributed by atoms with Crippen LogP contribution in [-0.2, 0) is 7.05 Å². The zero-order valence-corrected chi connectivity index (χ0v) is 14.3. The molecule has 0 atom stereocenters. The van der Waals surface area contributed by atoms with Crippen molar-refractivity contribution >= 4 is 16.6 Å². The summed E-state index contributed by atoms with van der Waals surface area (Å²) in [4.78, 5) is 30.8. The van der Waals surface area contributed by atoms with Crippen LogP contribution in [0, 0.1) is 13.8 Å². The van der Waals surface area contributed by atoms with E-state index >= 15 is 0 Å². The molecule has 1 aromatic carbocycles. The largest absolute Gasteiger partial charge is 0.332 e. The third-order valence-corrected chi connectivity index (χ3v) is 4.82. The van der Waals surface area contributed by atoms with Gasteiger partial charge in [0.2, 0.25) is 0 Å². The molecule has 2 aromatic heterocycles. The molecule has 0 N–H and O–H groups in total. The van der Waals surface area contributed by atoms with Crippen molar-refractivity contribution in [2.24, 2.45) is 7.05 Å². The average molecular weight is 331 g/mol. The number of hydrogen-bond acceptors (Lipinski definition) is 3. The minimum Gasteiger partial charge on any atom is -0.332 e. The van der Waals surface area contributed by atoms with E-state index in [1.54, 1.807) is 6.92 Å². The quantitative estimate of drug-likeness (QED) is 0.725. The Morgan fingerprint density at radius 1 is 1.04 bits per heavy atom. The van der Waals surface area contributed by atoms with Crippen molar-refractivity contribution in [1.82, 2.24) is 14.1 Å². The molecule has 5 nitrogen and oxygen atoms in total. The van der Waals surface area contributed by atoms with Gasteiger partial charge in [-0.1, -0.05) is 36.4 Å². The van der Waals surface area contributed by atoms with Gasteiger partial charge in [-0.3, -0.25) is 14.2 Å². The molecule has 0 saturated heterocycles. The summed E-state index contributed by atoms with van der Waals surface area (Å²) in [6.07, 6.45) is 5.72. The fourth-order valence-electron chi connectivity index (χ4n) is 3.07. The lowest BCUT2D eigenvalue weighted by Crippen LogP contribution is -2.30. The van der Waals surface area contributed by atoms with Crippen LogP contribution >= 0.6 is 0 Å². The Balaban J connectivity index is 2.23. The first-order chi connectivity index (χ1) is 12.0. The third-order valence-electron chi connectivity index (χ3n) is 4.82. The highest BCUT2D eigenvalue weighted by Crippen LogP contribution is 2.23. The third kappa shape index (κ3) is 2.12. The molecule has 0 spiro atoms. The Morgan fingerprint density at radius 2 is 1.72 bits per heavy atom. The summed E-state index contributed by atoms with van der Waals surface area (Å²) in [5, 5.41) is 0.127. The Bertz CT molecular complexity index is 1200. The molecule has 1 aliphatic carbocycles. The number of pyridine rings is 1. The summed E-state index contributed by atoms with van der Waals surface area (Å²) >= 11 is 0. The fraction of sp³-hybridized carbons (Fsp3) is 0.150. The minimum atomic E-state index is -0.337. The molecule has 0 saturated carbocycles. The number of aromatic nitrogens is 3. The first-order valence-corrected chi connectivity index (χ1v) is 8.08. The molecule has 0 fully saturated rings. The Hall–Kier alpha value is -3.21. The highest BCUT2D eigenvalue weighted by atomic mass is 16.1. The number of nitrogens with zero attached hydrogens (tertiary/aromatic N) is 3. The lowest BCUT2D eigenvalue weighted by molar-refractivity contribution is 0.841. The van der Waals surface area contributed by atoms with Crippen LogP contribution in [0.4, 0.5) is 0 Å². The molecule has 4 rings (SSSR count). The molecule has 25 heavy (non-hydrogen) atoms. The highest BCUT2D eigenvalue weighted by Gasteiger charge is 2.21. The van der Waals surface area contributed by atoms with E-state index in [0.29, 0.717) is 22.7 Å². The average Bonchev–Trinajstić information content (AvgIpc) is 2.57. The van der Waals surface area contributed by atoms with E-state index < -0.39 is 0 Å². The van der Waals surface area contributed by atoms with Crippen LogP contribution in [0.15, 0.2) is 58.1 Å². The molecule has 0 aliphatic heterocycles. The smallest absolute Gasteiger partial charge is 0.271 e. The van der Waals surface area contributed by atoms with E-state index in [2.05, 4.69) is 0 Å². The number of fused-ring (bicyclic) bond motifs is 1. The van der Waals surface area contributed by atoms with E-state index in [-0.39, 0.29) is 16.4 Å². The molecule has 0 amide bonds. The number of benzene rings is 1. The fourth-order valence-corrected chi connectivity index (χ4v) is 3.07. The van der Waals surface area contributed by atoms with Crippen molar-refractivity contribution in [1.29, 1.82) is 0 Å². The van der Waals surface area contributed by atoms with Gasteiger partial charge in [0.15, 0.2) is 11.1 Å². The predicted molar refractivity (Wildman–Crippen MR) is 99.2 cm³/mol. The number of rotatable bonds is 2. The Kier molecular flexibility index (Phi) is 3.32. The monoisotopic (exact) mass is 331 g/mol. The van der Waals surface area contributed by atoms with Gasteiger partial charge < -0.3 is 4.57 Å². The van der Waals surface area contributed by atoms with Crippen molar-refractivity contribution in [2.45, 2.75) is 13.8 Å². The number of aryl methyl sites for hydroxylation is 1. The standard InChI is InChI=1S/C20H17N3O2/c1-12-13(2)22(3)19-16(17(12)24)20(25)23(15-10-5-4-6-11-15)18(21-19)14-8-7-9-14/h4-11H,1-3H3. The summed E-state index contributed by atoms with van der Waals surface area (Å²) in [6.45, 7) is 3.61. The van der Waals surface area contributed by atoms with Gasteiger partial charge in [-0.15, -0.1) is 0 Å². The predicted octanol–water partition coefficient (Wildman–Crippen LogP) is 2.65. The Labute approximate surface area is 144 Å². The lowest BCUT2D eigenvalue weighted by Gasteiger charge is -2.18. The molecular weight excluding hydrogens is 314 g/mol. The van der Waals surface area contributed by atoms with Crippen molar-refractivity contribution in [3.8, 4) is 5.69 Å². The van der Waals surface area contributed by atoms with E-state index in [4.69, 9.17) is 4.98 Å². The lowest BCUT2D eigenvalue weighted by atomic mass is 10.1. The van der Waals surface area contributed by atoms with Gasteiger partial charge in [-0.05, 0) is 26.0 Å².